The zero-order chi connectivity index (χ0) is 13.2. The van der Waals surface area contributed by atoms with Gasteiger partial charge in [0.25, 0.3) is 0 Å². The highest BCUT2D eigenvalue weighted by Crippen LogP contribution is 2.41. The molecule has 0 spiro atoms. The first-order valence-corrected chi connectivity index (χ1v) is 7.50. The van der Waals surface area contributed by atoms with Crippen LogP contribution in [0, 0.1) is 5.41 Å². The summed E-state index contributed by atoms with van der Waals surface area (Å²) in [4.78, 5) is 2.56. The molecule has 0 aromatic rings. The average molecular weight is 254 g/mol. The van der Waals surface area contributed by atoms with Crippen LogP contribution in [0.3, 0.4) is 0 Å². The summed E-state index contributed by atoms with van der Waals surface area (Å²) in [6.45, 7) is 7.40. The Balaban J connectivity index is 2.08. The maximum Gasteiger partial charge on any atom is 0.0622 e. The van der Waals surface area contributed by atoms with Gasteiger partial charge < -0.3 is 10.5 Å². The van der Waals surface area contributed by atoms with Crippen molar-refractivity contribution < 1.29 is 4.74 Å². The molecule has 0 aromatic carbocycles. The summed E-state index contributed by atoms with van der Waals surface area (Å²) in [5.41, 5.74) is 6.89. The number of ether oxygens (including phenoxy) is 1. The molecule has 1 heterocycles. The third-order valence-electron chi connectivity index (χ3n) is 5.34. The first kappa shape index (κ1) is 14.3. The van der Waals surface area contributed by atoms with Crippen molar-refractivity contribution in [1.82, 2.24) is 4.90 Å². The van der Waals surface area contributed by atoms with Crippen molar-refractivity contribution in [1.29, 1.82) is 0 Å². The second kappa shape index (κ2) is 5.48. The van der Waals surface area contributed by atoms with E-state index in [1.54, 1.807) is 0 Å². The van der Waals surface area contributed by atoms with Gasteiger partial charge in [-0.3, -0.25) is 4.90 Å². The van der Waals surface area contributed by atoms with Crippen LogP contribution in [-0.4, -0.2) is 43.3 Å². The Kier molecular flexibility index (Phi) is 4.35. The maximum atomic E-state index is 6.18. The molecule has 1 saturated carbocycles. The minimum absolute atomic E-state index is 0.214. The van der Waals surface area contributed by atoms with Gasteiger partial charge in [-0.15, -0.1) is 0 Å². The van der Waals surface area contributed by atoms with Crippen molar-refractivity contribution in [2.45, 2.75) is 64.0 Å². The lowest BCUT2D eigenvalue weighted by Crippen LogP contribution is -2.56. The SMILES string of the molecule is CN(C1CCOC1)C1(CN)CCCC(C)(C)CC1. The maximum absolute atomic E-state index is 6.18. The van der Waals surface area contributed by atoms with Gasteiger partial charge in [-0.05, 0) is 44.6 Å². The van der Waals surface area contributed by atoms with E-state index in [0.717, 1.165) is 19.8 Å². The molecular formula is C15H30N2O. The molecule has 2 unspecified atom stereocenters. The van der Waals surface area contributed by atoms with E-state index >= 15 is 0 Å². The molecule has 0 bridgehead atoms. The fraction of sp³-hybridized carbons (Fsp3) is 1.00. The van der Waals surface area contributed by atoms with Crippen molar-refractivity contribution in [3.63, 3.8) is 0 Å². The molecule has 2 aliphatic rings. The van der Waals surface area contributed by atoms with Gasteiger partial charge in [0.2, 0.25) is 0 Å². The molecule has 2 N–H and O–H groups in total. The zero-order valence-electron chi connectivity index (χ0n) is 12.4. The third-order valence-corrected chi connectivity index (χ3v) is 5.34. The quantitative estimate of drug-likeness (QED) is 0.786. The van der Waals surface area contributed by atoms with Crippen LogP contribution in [0.1, 0.15) is 52.4 Å². The minimum Gasteiger partial charge on any atom is -0.380 e. The van der Waals surface area contributed by atoms with Crippen LogP contribution in [0.15, 0.2) is 0 Å². The fourth-order valence-corrected chi connectivity index (χ4v) is 3.63. The molecule has 1 saturated heterocycles. The number of nitrogens with zero attached hydrogens (tertiary/aromatic N) is 1. The van der Waals surface area contributed by atoms with Gasteiger partial charge >= 0.3 is 0 Å². The van der Waals surface area contributed by atoms with E-state index in [-0.39, 0.29) is 5.54 Å². The number of likely N-dealkylation sites (N-methyl/N-ethyl adjacent to an activating group) is 1. The first-order valence-electron chi connectivity index (χ1n) is 7.50. The molecule has 2 fully saturated rings. The predicted octanol–water partition coefficient (Wildman–Crippen LogP) is 2.39. The summed E-state index contributed by atoms with van der Waals surface area (Å²) in [6, 6.07) is 0.578. The highest BCUT2D eigenvalue weighted by molar-refractivity contribution is 4.97. The standard InChI is InChI=1S/C15H30N2O/c1-14(2)6-4-7-15(12-16,9-8-14)17(3)13-5-10-18-11-13/h13H,4-12,16H2,1-3H3. The van der Waals surface area contributed by atoms with Crippen molar-refractivity contribution in [3.05, 3.63) is 0 Å². The summed E-state index contributed by atoms with van der Waals surface area (Å²) in [5, 5.41) is 0. The van der Waals surface area contributed by atoms with E-state index < -0.39 is 0 Å². The van der Waals surface area contributed by atoms with Crippen LogP contribution in [0.5, 0.6) is 0 Å². The molecular weight excluding hydrogens is 224 g/mol. The van der Waals surface area contributed by atoms with Crippen molar-refractivity contribution >= 4 is 0 Å². The van der Waals surface area contributed by atoms with Gasteiger partial charge in [0.1, 0.15) is 0 Å². The van der Waals surface area contributed by atoms with E-state index in [2.05, 4.69) is 25.8 Å². The molecule has 0 radical (unpaired) electrons. The Labute approximate surface area is 112 Å². The Morgan fingerprint density at radius 1 is 1.22 bits per heavy atom. The van der Waals surface area contributed by atoms with E-state index in [0.29, 0.717) is 11.5 Å². The summed E-state index contributed by atoms with van der Waals surface area (Å²) in [7, 11) is 2.27. The van der Waals surface area contributed by atoms with Gasteiger partial charge in [-0.25, -0.2) is 0 Å². The summed E-state index contributed by atoms with van der Waals surface area (Å²) in [6.07, 6.45) is 7.60. The molecule has 106 valence electrons. The zero-order valence-corrected chi connectivity index (χ0v) is 12.4. The van der Waals surface area contributed by atoms with E-state index in [9.17, 15) is 0 Å². The van der Waals surface area contributed by atoms with Gasteiger partial charge in [0.15, 0.2) is 0 Å². The number of rotatable bonds is 3. The van der Waals surface area contributed by atoms with Crippen LogP contribution >= 0.6 is 0 Å². The van der Waals surface area contributed by atoms with Crippen molar-refractivity contribution in [2.24, 2.45) is 11.1 Å². The highest BCUT2D eigenvalue weighted by atomic mass is 16.5. The Bertz CT molecular complexity index is 274. The molecule has 18 heavy (non-hydrogen) atoms. The fourth-order valence-electron chi connectivity index (χ4n) is 3.63. The number of nitrogens with two attached hydrogens (primary N) is 1. The summed E-state index contributed by atoms with van der Waals surface area (Å²) >= 11 is 0. The van der Waals surface area contributed by atoms with Crippen molar-refractivity contribution in [2.75, 3.05) is 26.8 Å². The second-order valence-electron chi connectivity index (χ2n) is 7.07. The number of hydrogen-bond donors (Lipinski definition) is 1. The summed E-state index contributed by atoms with van der Waals surface area (Å²) in [5.74, 6) is 0. The Morgan fingerprint density at radius 2 is 2.00 bits per heavy atom. The van der Waals surface area contributed by atoms with Gasteiger partial charge in [0.05, 0.1) is 6.61 Å². The van der Waals surface area contributed by atoms with E-state index in [4.69, 9.17) is 10.5 Å². The average Bonchev–Trinajstić information content (AvgIpc) is 2.81. The van der Waals surface area contributed by atoms with E-state index in [1.165, 1.54) is 38.5 Å². The topological polar surface area (TPSA) is 38.5 Å². The van der Waals surface area contributed by atoms with Crippen LogP contribution in [0.2, 0.25) is 0 Å². The Morgan fingerprint density at radius 3 is 2.61 bits per heavy atom. The van der Waals surface area contributed by atoms with Crippen LogP contribution < -0.4 is 5.73 Å². The third kappa shape index (κ3) is 2.89. The Hall–Kier alpha value is -0.120. The lowest BCUT2D eigenvalue weighted by Gasteiger charge is -2.44. The smallest absolute Gasteiger partial charge is 0.0622 e. The first-order chi connectivity index (χ1) is 8.49. The molecule has 0 amide bonds. The normalized spacial score (nSPS) is 36.8. The minimum atomic E-state index is 0.214. The molecule has 3 nitrogen and oxygen atoms in total. The monoisotopic (exact) mass is 254 g/mol. The predicted molar refractivity (Wildman–Crippen MR) is 75.6 cm³/mol. The molecule has 1 aliphatic carbocycles. The molecule has 1 aliphatic heterocycles. The van der Waals surface area contributed by atoms with Crippen LogP contribution in [0.25, 0.3) is 0 Å². The van der Waals surface area contributed by atoms with E-state index in [1.807, 2.05) is 0 Å². The molecule has 0 aromatic heterocycles. The van der Waals surface area contributed by atoms with Crippen LogP contribution in [-0.2, 0) is 4.74 Å². The molecule has 3 heteroatoms. The lowest BCUT2D eigenvalue weighted by molar-refractivity contribution is 0.0518. The number of hydrogen-bond acceptors (Lipinski definition) is 3. The largest absolute Gasteiger partial charge is 0.380 e. The highest BCUT2D eigenvalue weighted by Gasteiger charge is 2.40. The summed E-state index contributed by atoms with van der Waals surface area (Å²) < 4.78 is 5.55. The van der Waals surface area contributed by atoms with Gasteiger partial charge in [-0.1, -0.05) is 20.3 Å². The van der Waals surface area contributed by atoms with Crippen LogP contribution in [0.4, 0.5) is 0 Å². The molecule has 2 rings (SSSR count). The second-order valence-corrected chi connectivity index (χ2v) is 7.07. The molecule has 2 atom stereocenters. The lowest BCUT2D eigenvalue weighted by atomic mass is 9.82. The van der Waals surface area contributed by atoms with Gasteiger partial charge in [0, 0.05) is 24.7 Å². The van der Waals surface area contributed by atoms with Gasteiger partial charge in [-0.2, -0.15) is 0 Å². The van der Waals surface area contributed by atoms with Crippen molar-refractivity contribution in [3.8, 4) is 0 Å².